The van der Waals surface area contributed by atoms with E-state index >= 15 is 0 Å². The van der Waals surface area contributed by atoms with Crippen LogP contribution < -0.4 is 5.32 Å². The van der Waals surface area contributed by atoms with Crippen molar-refractivity contribution >= 4 is 51.5 Å². The topological polar surface area (TPSA) is 72.2 Å². The average Bonchev–Trinajstić information content (AvgIpc) is 2.42. The number of hydrogen-bond donors (Lipinski definition) is 1. The van der Waals surface area contributed by atoms with Crippen molar-refractivity contribution in [3.05, 3.63) is 66.7 Å². The number of rotatable bonds is 3. The Morgan fingerprint density at radius 3 is 2.65 bits per heavy atom. The molecular weight excluding hydrogens is 395 g/mol. The quantitative estimate of drug-likeness (QED) is 0.477. The first-order chi connectivity index (χ1) is 9.47. The van der Waals surface area contributed by atoms with Crippen molar-refractivity contribution in [2.45, 2.75) is 0 Å². The zero-order valence-electron chi connectivity index (χ0n) is 9.97. The summed E-state index contributed by atoms with van der Waals surface area (Å²) in [4.78, 5) is 22.2. The van der Waals surface area contributed by atoms with Gasteiger partial charge in [0.1, 0.15) is 0 Å². The summed E-state index contributed by atoms with van der Waals surface area (Å²) in [5.74, 6) is -0.408. The second kappa shape index (κ2) is 6.19. The molecular formula is C13H8ClIN2O3. The van der Waals surface area contributed by atoms with Gasteiger partial charge in [-0.2, -0.15) is 0 Å². The average molecular weight is 403 g/mol. The van der Waals surface area contributed by atoms with Crippen molar-refractivity contribution in [1.82, 2.24) is 0 Å². The highest BCUT2D eigenvalue weighted by Crippen LogP contribution is 2.23. The molecule has 0 aromatic heterocycles. The fourth-order valence-electron chi connectivity index (χ4n) is 1.55. The van der Waals surface area contributed by atoms with Crippen molar-refractivity contribution in [2.24, 2.45) is 0 Å². The molecule has 2 aromatic carbocycles. The Bertz CT molecular complexity index is 691. The van der Waals surface area contributed by atoms with E-state index in [-0.39, 0.29) is 11.3 Å². The molecule has 0 saturated carbocycles. The first-order valence-corrected chi connectivity index (χ1v) is 6.94. The summed E-state index contributed by atoms with van der Waals surface area (Å²) in [6, 6.07) is 10.6. The molecule has 1 N–H and O–H groups in total. The Morgan fingerprint density at radius 2 is 2.00 bits per heavy atom. The van der Waals surface area contributed by atoms with Crippen molar-refractivity contribution in [1.29, 1.82) is 0 Å². The van der Waals surface area contributed by atoms with Gasteiger partial charge in [-0.25, -0.2) is 0 Å². The molecule has 1 amide bonds. The van der Waals surface area contributed by atoms with Gasteiger partial charge in [-0.1, -0.05) is 17.7 Å². The second-order valence-electron chi connectivity index (χ2n) is 3.89. The number of carbonyl (C=O) groups is 1. The van der Waals surface area contributed by atoms with Gasteiger partial charge >= 0.3 is 0 Å². The smallest absolute Gasteiger partial charge is 0.270 e. The lowest BCUT2D eigenvalue weighted by molar-refractivity contribution is -0.384. The maximum Gasteiger partial charge on any atom is 0.270 e. The fraction of sp³-hybridized carbons (Fsp3) is 0. The minimum atomic E-state index is -0.539. The van der Waals surface area contributed by atoms with Gasteiger partial charge in [-0.15, -0.1) is 0 Å². The van der Waals surface area contributed by atoms with Gasteiger partial charge < -0.3 is 5.32 Å². The van der Waals surface area contributed by atoms with Crippen LogP contribution in [0, 0.1) is 13.7 Å². The van der Waals surface area contributed by atoms with E-state index in [0.29, 0.717) is 10.7 Å². The number of hydrogen-bond acceptors (Lipinski definition) is 3. The molecule has 0 bridgehead atoms. The Hall–Kier alpha value is -1.67. The minimum absolute atomic E-state index is 0.122. The van der Waals surface area contributed by atoms with Crippen LogP contribution in [0.5, 0.6) is 0 Å². The van der Waals surface area contributed by atoms with E-state index < -0.39 is 10.8 Å². The Labute approximate surface area is 133 Å². The number of amides is 1. The van der Waals surface area contributed by atoms with Crippen LogP contribution in [-0.4, -0.2) is 10.8 Å². The van der Waals surface area contributed by atoms with Gasteiger partial charge in [0.25, 0.3) is 11.6 Å². The van der Waals surface area contributed by atoms with Crippen molar-refractivity contribution in [2.75, 3.05) is 5.32 Å². The number of carbonyl (C=O) groups excluding carboxylic acids is 1. The molecule has 0 spiro atoms. The standard InChI is InChI=1S/C13H8ClIN2O3/c14-9-4-5-12(11(15)7-9)16-13(18)8-2-1-3-10(6-8)17(19)20/h1-7H,(H,16,18). The zero-order chi connectivity index (χ0) is 14.7. The highest BCUT2D eigenvalue weighted by Gasteiger charge is 2.12. The van der Waals surface area contributed by atoms with Crippen LogP contribution in [0.25, 0.3) is 0 Å². The molecule has 0 aliphatic rings. The Balaban J connectivity index is 2.24. The summed E-state index contributed by atoms with van der Waals surface area (Å²) < 4.78 is 0.786. The molecule has 2 rings (SSSR count). The zero-order valence-corrected chi connectivity index (χ0v) is 12.9. The molecule has 0 aliphatic heterocycles. The van der Waals surface area contributed by atoms with Crippen LogP contribution in [-0.2, 0) is 0 Å². The number of nitro benzene ring substituents is 1. The number of nitrogens with zero attached hydrogens (tertiary/aromatic N) is 1. The Kier molecular flexibility index (Phi) is 4.56. The minimum Gasteiger partial charge on any atom is -0.321 e. The van der Waals surface area contributed by atoms with E-state index in [2.05, 4.69) is 5.32 Å². The first-order valence-electron chi connectivity index (χ1n) is 5.48. The number of benzene rings is 2. The van der Waals surface area contributed by atoms with Crippen LogP contribution in [0.2, 0.25) is 5.02 Å². The number of halogens is 2. The molecule has 0 radical (unpaired) electrons. The molecule has 0 fully saturated rings. The third-order valence-electron chi connectivity index (χ3n) is 2.50. The van der Waals surface area contributed by atoms with Crippen LogP contribution in [0.4, 0.5) is 11.4 Å². The van der Waals surface area contributed by atoms with Gasteiger partial charge in [0, 0.05) is 26.3 Å². The molecule has 0 atom stereocenters. The predicted molar refractivity (Wildman–Crippen MR) is 85.2 cm³/mol. The van der Waals surface area contributed by atoms with E-state index in [0.717, 1.165) is 3.57 Å². The van der Waals surface area contributed by atoms with Crippen LogP contribution >= 0.6 is 34.2 Å². The van der Waals surface area contributed by atoms with Gasteiger partial charge in [-0.05, 0) is 46.9 Å². The number of nitrogens with one attached hydrogen (secondary N) is 1. The van der Waals surface area contributed by atoms with E-state index in [1.165, 1.54) is 24.3 Å². The number of nitro groups is 1. The van der Waals surface area contributed by atoms with Crippen molar-refractivity contribution in [3.63, 3.8) is 0 Å². The first kappa shape index (κ1) is 14.7. The maximum absolute atomic E-state index is 12.1. The lowest BCUT2D eigenvalue weighted by atomic mass is 10.2. The van der Waals surface area contributed by atoms with Gasteiger partial charge in [-0.3, -0.25) is 14.9 Å². The SMILES string of the molecule is O=C(Nc1ccc(Cl)cc1I)c1cccc([N+](=O)[O-])c1. The summed E-state index contributed by atoms with van der Waals surface area (Å²) in [5, 5.41) is 13.9. The van der Waals surface area contributed by atoms with E-state index in [9.17, 15) is 14.9 Å². The Morgan fingerprint density at radius 1 is 1.25 bits per heavy atom. The lowest BCUT2D eigenvalue weighted by Crippen LogP contribution is -2.12. The monoisotopic (exact) mass is 402 g/mol. The van der Waals surface area contributed by atoms with Crippen LogP contribution in [0.15, 0.2) is 42.5 Å². The van der Waals surface area contributed by atoms with E-state index in [4.69, 9.17) is 11.6 Å². The molecule has 7 heteroatoms. The van der Waals surface area contributed by atoms with Crippen molar-refractivity contribution < 1.29 is 9.72 Å². The summed E-state index contributed by atoms with van der Waals surface area (Å²) in [5.41, 5.74) is 0.708. The predicted octanol–water partition coefficient (Wildman–Crippen LogP) is 4.11. The molecule has 0 unspecified atom stereocenters. The van der Waals surface area contributed by atoms with Crippen LogP contribution in [0.1, 0.15) is 10.4 Å². The van der Waals surface area contributed by atoms with Gasteiger partial charge in [0.05, 0.1) is 10.6 Å². The van der Waals surface area contributed by atoms with Gasteiger partial charge in [0.15, 0.2) is 0 Å². The lowest BCUT2D eigenvalue weighted by Gasteiger charge is -2.07. The largest absolute Gasteiger partial charge is 0.321 e. The molecule has 102 valence electrons. The number of non-ortho nitro benzene ring substituents is 1. The highest BCUT2D eigenvalue weighted by molar-refractivity contribution is 14.1. The normalized spacial score (nSPS) is 10.1. The second-order valence-corrected chi connectivity index (χ2v) is 5.48. The van der Waals surface area contributed by atoms with E-state index in [1.54, 1.807) is 18.2 Å². The molecule has 5 nitrogen and oxygen atoms in total. The van der Waals surface area contributed by atoms with Crippen LogP contribution in [0.3, 0.4) is 0 Å². The highest BCUT2D eigenvalue weighted by atomic mass is 127. The molecule has 0 saturated heterocycles. The van der Waals surface area contributed by atoms with E-state index in [1.807, 2.05) is 22.6 Å². The third-order valence-corrected chi connectivity index (χ3v) is 3.63. The molecule has 20 heavy (non-hydrogen) atoms. The molecule has 2 aromatic rings. The molecule has 0 heterocycles. The summed E-state index contributed by atoms with van der Waals surface area (Å²) >= 11 is 7.88. The maximum atomic E-state index is 12.1. The summed E-state index contributed by atoms with van der Waals surface area (Å²) in [6.07, 6.45) is 0. The van der Waals surface area contributed by atoms with Crippen molar-refractivity contribution in [3.8, 4) is 0 Å². The number of anilines is 1. The summed E-state index contributed by atoms with van der Waals surface area (Å²) in [6.45, 7) is 0. The third kappa shape index (κ3) is 3.45. The fourth-order valence-corrected chi connectivity index (χ4v) is 2.55. The molecule has 0 aliphatic carbocycles. The summed E-state index contributed by atoms with van der Waals surface area (Å²) in [7, 11) is 0. The van der Waals surface area contributed by atoms with Gasteiger partial charge in [0.2, 0.25) is 0 Å².